The number of carbonyl (C=O) groups excluding carboxylic acids is 1. The standard InChI is InChI=1S/C21H22N4O2S/c1-14-2-9-18(28-14)21(26)25-12-10-24(11-13-25)17-7-5-15(6-8-17)19-22-20(27-23-19)16-3-4-16/h2,5-9,16H,3-4,10-13H2,1H3. The summed E-state index contributed by atoms with van der Waals surface area (Å²) in [4.78, 5) is 23.4. The van der Waals surface area contributed by atoms with Crippen LogP contribution in [0, 0.1) is 6.92 Å². The quantitative estimate of drug-likeness (QED) is 0.671. The van der Waals surface area contributed by atoms with E-state index in [0.717, 1.165) is 61.0 Å². The van der Waals surface area contributed by atoms with Gasteiger partial charge < -0.3 is 14.3 Å². The molecule has 0 bridgehead atoms. The Morgan fingerprint density at radius 2 is 1.82 bits per heavy atom. The van der Waals surface area contributed by atoms with E-state index in [1.807, 2.05) is 36.1 Å². The van der Waals surface area contributed by atoms with E-state index in [-0.39, 0.29) is 5.91 Å². The van der Waals surface area contributed by atoms with Gasteiger partial charge in [-0.15, -0.1) is 11.3 Å². The van der Waals surface area contributed by atoms with E-state index in [4.69, 9.17) is 4.52 Å². The second-order valence-electron chi connectivity index (χ2n) is 7.47. The molecule has 7 heteroatoms. The highest BCUT2D eigenvalue weighted by molar-refractivity contribution is 7.13. The topological polar surface area (TPSA) is 62.5 Å². The number of rotatable bonds is 4. The highest BCUT2D eigenvalue weighted by atomic mass is 32.1. The van der Waals surface area contributed by atoms with Crippen molar-refractivity contribution in [1.82, 2.24) is 15.0 Å². The van der Waals surface area contributed by atoms with Crippen LogP contribution in [0.15, 0.2) is 40.9 Å². The summed E-state index contributed by atoms with van der Waals surface area (Å²) in [6.07, 6.45) is 2.31. The molecule has 3 heterocycles. The van der Waals surface area contributed by atoms with Crippen LogP contribution in [0.2, 0.25) is 0 Å². The molecule has 0 N–H and O–H groups in total. The van der Waals surface area contributed by atoms with Crippen LogP contribution in [0.25, 0.3) is 11.4 Å². The first kappa shape index (κ1) is 17.4. The zero-order chi connectivity index (χ0) is 19.1. The van der Waals surface area contributed by atoms with Gasteiger partial charge in [-0.25, -0.2) is 0 Å². The Hall–Kier alpha value is -2.67. The normalized spacial score (nSPS) is 17.2. The monoisotopic (exact) mass is 394 g/mol. The Morgan fingerprint density at radius 3 is 2.46 bits per heavy atom. The number of aryl methyl sites for hydroxylation is 1. The number of piperazine rings is 1. The Labute approximate surface area is 167 Å². The van der Waals surface area contributed by atoms with Gasteiger partial charge in [-0.05, 0) is 56.2 Å². The predicted molar refractivity (Wildman–Crippen MR) is 109 cm³/mol. The molecule has 3 aromatic rings. The number of anilines is 1. The van der Waals surface area contributed by atoms with Gasteiger partial charge in [0.1, 0.15) is 0 Å². The number of amides is 1. The van der Waals surface area contributed by atoms with E-state index in [9.17, 15) is 4.79 Å². The van der Waals surface area contributed by atoms with Crippen LogP contribution in [0.5, 0.6) is 0 Å². The van der Waals surface area contributed by atoms with Crippen LogP contribution in [-0.4, -0.2) is 47.1 Å². The van der Waals surface area contributed by atoms with E-state index >= 15 is 0 Å². The number of thiophene rings is 1. The number of benzene rings is 1. The van der Waals surface area contributed by atoms with Gasteiger partial charge in [0.05, 0.1) is 4.88 Å². The summed E-state index contributed by atoms with van der Waals surface area (Å²) in [6.45, 7) is 5.19. The minimum atomic E-state index is 0.150. The average molecular weight is 395 g/mol. The number of nitrogens with zero attached hydrogens (tertiary/aromatic N) is 4. The van der Waals surface area contributed by atoms with Crippen LogP contribution in [0.4, 0.5) is 5.69 Å². The van der Waals surface area contributed by atoms with Crippen molar-refractivity contribution in [2.75, 3.05) is 31.1 Å². The second kappa shape index (κ2) is 7.05. The summed E-state index contributed by atoms with van der Waals surface area (Å²) in [7, 11) is 0. The molecule has 28 heavy (non-hydrogen) atoms. The van der Waals surface area contributed by atoms with Crippen molar-refractivity contribution >= 4 is 22.9 Å². The molecule has 0 spiro atoms. The molecule has 1 amide bonds. The number of aromatic nitrogens is 2. The highest BCUT2D eigenvalue weighted by Crippen LogP contribution is 2.39. The molecule has 1 aliphatic heterocycles. The van der Waals surface area contributed by atoms with Gasteiger partial charge in [-0.3, -0.25) is 4.79 Å². The van der Waals surface area contributed by atoms with Crippen LogP contribution in [-0.2, 0) is 0 Å². The van der Waals surface area contributed by atoms with Gasteiger partial charge in [0.15, 0.2) is 0 Å². The van der Waals surface area contributed by atoms with Crippen molar-refractivity contribution in [3.63, 3.8) is 0 Å². The fourth-order valence-corrected chi connectivity index (χ4v) is 4.38. The van der Waals surface area contributed by atoms with Crippen molar-refractivity contribution < 1.29 is 9.32 Å². The Morgan fingerprint density at radius 1 is 1.07 bits per heavy atom. The lowest BCUT2D eigenvalue weighted by Crippen LogP contribution is -2.48. The molecule has 5 rings (SSSR count). The molecular formula is C21H22N4O2S. The molecule has 2 aromatic heterocycles. The maximum atomic E-state index is 12.6. The van der Waals surface area contributed by atoms with Gasteiger partial charge in [0.2, 0.25) is 11.7 Å². The van der Waals surface area contributed by atoms with E-state index in [1.54, 1.807) is 11.3 Å². The van der Waals surface area contributed by atoms with Crippen LogP contribution < -0.4 is 4.90 Å². The van der Waals surface area contributed by atoms with Crippen LogP contribution >= 0.6 is 11.3 Å². The molecule has 1 saturated carbocycles. The minimum Gasteiger partial charge on any atom is -0.368 e. The SMILES string of the molecule is Cc1ccc(C(=O)N2CCN(c3ccc(-c4noc(C5CC5)n4)cc3)CC2)s1. The van der Waals surface area contributed by atoms with Crippen LogP contribution in [0.1, 0.15) is 39.2 Å². The summed E-state index contributed by atoms with van der Waals surface area (Å²) in [5.41, 5.74) is 2.13. The van der Waals surface area contributed by atoms with Crippen molar-refractivity contribution in [3.05, 3.63) is 52.0 Å². The highest BCUT2D eigenvalue weighted by Gasteiger charge is 2.30. The van der Waals surface area contributed by atoms with Gasteiger partial charge in [0.25, 0.3) is 5.91 Å². The lowest BCUT2D eigenvalue weighted by molar-refractivity contribution is 0.0751. The lowest BCUT2D eigenvalue weighted by Gasteiger charge is -2.36. The van der Waals surface area contributed by atoms with Crippen molar-refractivity contribution in [2.24, 2.45) is 0 Å². The predicted octanol–water partition coefficient (Wildman–Crippen LogP) is 3.95. The number of hydrogen-bond donors (Lipinski definition) is 0. The third-order valence-corrected chi connectivity index (χ3v) is 6.37. The Balaban J connectivity index is 1.22. The molecule has 1 aromatic carbocycles. The first-order chi connectivity index (χ1) is 13.7. The first-order valence-electron chi connectivity index (χ1n) is 9.72. The second-order valence-corrected chi connectivity index (χ2v) is 8.75. The smallest absolute Gasteiger partial charge is 0.264 e. The Kier molecular flexibility index (Phi) is 4.39. The Bertz CT molecular complexity index is 982. The zero-order valence-electron chi connectivity index (χ0n) is 15.8. The summed E-state index contributed by atoms with van der Waals surface area (Å²) in [5.74, 6) is 2.05. The van der Waals surface area contributed by atoms with Gasteiger partial charge in [0, 0.05) is 48.2 Å². The van der Waals surface area contributed by atoms with E-state index in [1.165, 1.54) is 4.88 Å². The molecule has 144 valence electrons. The average Bonchev–Trinajstić information content (AvgIpc) is 3.30. The van der Waals surface area contributed by atoms with Crippen molar-refractivity contribution in [2.45, 2.75) is 25.7 Å². The molecule has 0 atom stereocenters. The molecule has 6 nitrogen and oxygen atoms in total. The van der Waals surface area contributed by atoms with Crippen molar-refractivity contribution in [1.29, 1.82) is 0 Å². The lowest BCUT2D eigenvalue weighted by atomic mass is 10.1. The number of hydrogen-bond acceptors (Lipinski definition) is 6. The number of carbonyl (C=O) groups is 1. The zero-order valence-corrected chi connectivity index (χ0v) is 16.6. The summed E-state index contributed by atoms with van der Waals surface area (Å²) >= 11 is 1.57. The third kappa shape index (κ3) is 3.42. The van der Waals surface area contributed by atoms with E-state index in [0.29, 0.717) is 11.7 Å². The summed E-state index contributed by atoms with van der Waals surface area (Å²) in [6, 6.07) is 12.2. The van der Waals surface area contributed by atoms with Gasteiger partial charge in [-0.2, -0.15) is 4.98 Å². The van der Waals surface area contributed by atoms with E-state index in [2.05, 4.69) is 27.2 Å². The van der Waals surface area contributed by atoms with E-state index < -0.39 is 0 Å². The summed E-state index contributed by atoms with van der Waals surface area (Å²) < 4.78 is 5.35. The first-order valence-corrected chi connectivity index (χ1v) is 10.5. The largest absolute Gasteiger partial charge is 0.368 e. The van der Waals surface area contributed by atoms with Gasteiger partial charge in [-0.1, -0.05) is 5.16 Å². The maximum absolute atomic E-state index is 12.6. The molecule has 2 fully saturated rings. The maximum Gasteiger partial charge on any atom is 0.264 e. The minimum absolute atomic E-state index is 0.150. The molecule has 0 unspecified atom stereocenters. The van der Waals surface area contributed by atoms with Gasteiger partial charge >= 0.3 is 0 Å². The summed E-state index contributed by atoms with van der Waals surface area (Å²) in [5, 5.41) is 4.11. The fraction of sp³-hybridized carbons (Fsp3) is 0.381. The molecule has 0 radical (unpaired) electrons. The van der Waals surface area contributed by atoms with Crippen LogP contribution in [0.3, 0.4) is 0 Å². The fourth-order valence-electron chi connectivity index (χ4n) is 3.54. The van der Waals surface area contributed by atoms with Crippen molar-refractivity contribution in [3.8, 4) is 11.4 Å². The third-order valence-electron chi connectivity index (χ3n) is 5.38. The molecule has 1 aliphatic carbocycles. The molecular weight excluding hydrogens is 372 g/mol. The molecule has 1 saturated heterocycles. The molecule has 2 aliphatic rings.